The Morgan fingerprint density at radius 2 is 2.05 bits per heavy atom. The van der Waals surface area contributed by atoms with Crippen LogP contribution in [0.3, 0.4) is 0 Å². The monoisotopic (exact) mass is 351 g/mol. The standard InChI is InChI=1S/C17H26BrN3/c1-13(19-2)14-6-7-17(16(18)11-14)21-10-4-9-20-8-3-5-15(20)12-21/h6-7,11,13,15,19H,3-5,8-10,12H2,1-2H3. The smallest absolute Gasteiger partial charge is 0.0511 e. The summed E-state index contributed by atoms with van der Waals surface area (Å²) in [6.45, 7) is 7.13. The van der Waals surface area contributed by atoms with E-state index in [1.807, 2.05) is 7.05 Å². The van der Waals surface area contributed by atoms with Gasteiger partial charge in [-0.25, -0.2) is 0 Å². The molecule has 2 fully saturated rings. The molecular weight excluding hydrogens is 326 g/mol. The third kappa shape index (κ3) is 3.27. The topological polar surface area (TPSA) is 18.5 Å². The van der Waals surface area contributed by atoms with E-state index in [2.05, 4.69) is 56.2 Å². The van der Waals surface area contributed by atoms with Crippen molar-refractivity contribution >= 4 is 21.6 Å². The molecule has 0 aromatic heterocycles. The summed E-state index contributed by atoms with van der Waals surface area (Å²) >= 11 is 3.80. The summed E-state index contributed by atoms with van der Waals surface area (Å²) in [5.74, 6) is 0. The van der Waals surface area contributed by atoms with E-state index in [-0.39, 0.29) is 0 Å². The van der Waals surface area contributed by atoms with Crippen molar-refractivity contribution in [1.82, 2.24) is 10.2 Å². The molecule has 2 unspecified atom stereocenters. The van der Waals surface area contributed by atoms with E-state index in [9.17, 15) is 0 Å². The molecule has 21 heavy (non-hydrogen) atoms. The first kappa shape index (κ1) is 15.3. The van der Waals surface area contributed by atoms with Crippen molar-refractivity contribution in [1.29, 1.82) is 0 Å². The van der Waals surface area contributed by atoms with Crippen LogP contribution in [0.1, 0.15) is 37.8 Å². The lowest BCUT2D eigenvalue weighted by atomic mass is 10.1. The van der Waals surface area contributed by atoms with Crippen LogP contribution in [0.15, 0.2) is 22.7 Å². The zero-order valence-corrected chi connectivity index (χ0v) is 14.7. The highest BCUT2D eigenvalue weighted by Gasteiger charge is 2.29. The zero-order chi connectivity index (χ0) is 14.8. The SMILES string of the molecule is CNC(C)c1ccc(N2CCCN3CCCC3C2)c(Br)c1. The molecule has 4 heteroatoms. The minimum Gasteiger partial charge on any atom is -0.369 e. The lowest BCUT2D eigenvalue weighted by Gasteiger charge is -2.28. The molecule has 0 spiro atoms. The molecule has 0 bridgehead atoms. The van der Waals surface area contributed by atoms with Crippen molar-refractivity contribution in [2.24, 2.45) is 0 Å². The van der Waals surface area contributed by atoms with Gasteiger partial charge in [-0.05, 0) is 73.4 Å². The summed E-state index contributed by atoms with van der Waals surface area (Å²) in [4.78, 5) is 5.26. The number of halogens is 1. The number of hydrogen-bond acceptors (Lipinski definition) is 3. The second-order valence-electron chi connectivity index (χ2n) is 6.35. The van der Waals surface area contributed by atoms with Gasteiger partial charge in [-0.1, -0.05) is 6.07 Å². The molecule has 0 radical (unpaired) electrons. The Balaban J connectivity index is 1.79. The number of nitrogens with zero attached hydrogens (tertiary/aromatic N) is 2. The summed E-state index contributed by atoms with van der Waals surface area (Å²) in [7, 11) is 2.01. The van der Waals surface area contributed by atoms with Crippen molar-refractivity contribution in [2.75, 3.05) is 38.1 Å². The average molecular weight is 352 g/mol. The van der Waals surface area contributed by atoms with Crippen LogP contribution in [0, 0.1) is 0 Å². The fourth-order valence-corrected chi connectivity index (χ4v) is 4.29. The molecule has 0 amide bonds. The Kier molecular flexibility index (Phi) is 4.87. The van der Waals surface area contributed by atoms with Crippen LogP contribution in [-0.4, -0.2) is 44.2 Å². The minimum atomic E-state index is 0.393. The zero-order valence-electron chi connectivity index (χ0n) is 13.1. The largest absolute Gasteiger partial charge is 0.369 e. The van der Waals surface area contributed by atoms with Gasteiger partial charge in [0.25, 0.3) is 0 Å². The molecule has 1 aromatic rings. The maximum Gasteiger partial charge on any atom is 0.0511 e. The third-order valence-corrected chi connectivity index (χ3v) is 5.68. The average Bonchev–Trinajstić information content (AvgIpc) is 2.83. The van der Waals surface area contributed by atoms with Crippen LogP contribution in [0.5, 0.6) is 0 Å². The van der Waals surface area contributed by atoms with Gasteiger partial charge in [-0.15, -0.1) is 0 Å². The first-order chi connectivity index (χ1) is 10.2. The van der Waals surface area contributed by atoms with Gasteiger partial charge in [0.2, 0.25) is 0 Å². The lowest BCUT2D eigenvalue weighted by molar-refractivity contribution is 0.273. The van der Waals surface area contributed by atoms with Gasteiger partial charge >= 0.3 is 0 Å². The number of nitrogens with one attached hydrogen (secondary N) is 1. The summed E-state index contributed by atoms with van der Waals surface area (Å²) in [5, 5.41) is 3.31. The number of hydrogen-bond donors (Lipinski definition) is 1. The van der Waals surface area contributed by atoms with Crippen molar-refractivity contribution in [2.45, 2.75) is 38.3 Å². The Labute approximate surface area is 136 Å². The predicted molar refractivity (Wildman–Crippen MR) is 93.0 cm³/mol. The maximum atomic E-state index is 3.80. The summed E-state index contributed by atoms with van der Waals surface area (Å²) in [5.41, 5.74) is 2.70. The first-order valence-electron chi connectivity index (χ1n) is 8.14. The third-order valence-electron chi connectivity index (χ3n) is 5.05. The highest BCUT2D eigenvalue weighted by molar-refractivity contribution is 9.10. The molecule has 2 saturated heterocycles. The fraction of sp³-hybridized carbons (Fsp3) is 0.647. The van der Waals surface area contributed by atoms with Gasteiger partial charge in [-0.2, -0.15) is 0 Å². The molecule has 0 aliphatic carbocycles. The van der Waals surface area contributed by atoms with Gasteiger partial charge in [0.15, 0.2) is 0 Å². The number of benzene rings is 1. The second kappa shape index (κ2) is 6.67. The Morgan fingerprint density at radius 1 is 1.24 bits per heavy atom. The van der Waals surface area contributed by atoms with Crippen molar-refractivity contribution in [3.8, 4) is 0 Å². The highest BCUT2D eigenvalue weighted by Crippen LogP contribution is 2.32. The summed E-state index contributed by atoms with van der Waals surface area (Å²) in [6, 6.07) is 7.98. The van der Waals surface area contributed by atoms with E-state index < -0.39 is 0 Å². The van der Waals surface area contributed by atoms with Crippen LogP contribution in [-0.2, 0) is 0 Å². The van der Waals surface area contributed by atoms with Crippen LogP contribution in [0.2, 0.25) is 0 Å². The summed E-state index contributed by atoms with van der Waals surface area (Å²) in [6.07, 6.45) is 4.01. The van der Waals surface area contributed by atoms with Crippen LogP contribution in [0.4, 0.5) is 5.69 Å². The Hall–Kier alpha value is -0.580. The highest BCUT2D eigenvalue weighted by atomic mass is 79.9. The number of anilines is 1. The molecule has 1 N–H and O–H groups in total. The number of fused-ring (bicyclic) bond motifs is 1. The molecule has 2 aliphatic heterocycles. The molecule has 2 atom stereocenters. The number of rotatable bonds is 3. The lowest BCUT2D eigenvalue weighted by Crippen LogP contribution is -2.36. The molecule has 1 aromatic carbocycles. The maximum absolute atomic E-state index is 3.80. The molecular formula is C17H26BrN3. The van der Waals surface area contributed by atoms with E-state index in [4.69, 9.17) is 0 Å². The van der Waals surface area contributed by atoms with Crippen LogP contribution < -0.4 is 10.2 Å². The van der Waals surface area contributed by atoms with Crippen LogP contribution in [0.25, 0.3) is 0 Å². The van der Waals surface area contributed by atoms with Gasteiger partial charge in [0.1, 0.15) is 0 Å². The van der Waals surface area contributed by atoms with Crippen molar-refractivity contribution in [3.63, 3.8) is 0 Å². The Morgan fingerprint density at radius 3 is 2.81 bits per heavy atom. The van der Waals surface area contributed by atoms with Crippen LogP contribution >= 0.6 is 15.9 Å². The van der Waals surface area contributed by atoms with E-state index in [1.54, 1.807) is 0 Å². The fourth-order valence-electron chi connectivity index (χ4n) is 3.64. The van der Waals surface area contributed by atoms with E-state index >= 15 is 0 Å². The van der Waals surface area contributed by atoms with Gasteiger partial charge in [0.05, 0.1) is 5.69 Å². The van der Waals surface area contributed by atoms with Crippen molar-refractivity contribution < 1.29 is 0 Å². The molecule has 3 rings (SSSR count). The van der Waals surface area contributed by atoms with Gasteiger partial charge in [-0.3, -0.25) is 4.90 Å². The molecule has 3 nitrogen and oxygen atoms in total. The van der Waals surface area contributed by atoms with E-state index in [0.29, 0.717) is 6.04 Å². The first-order valence-corrected chi connectivity index (χ1v) is 8.94. The Bertz CT molecular complexity index is 491. The normalized spacial score (nSPS) is 24.7. The van der Waals surface area contributed by atoms with E-state index in [0.717, 1.165) is 6.04 Å². The molecule has 2 heterocycles. The molecule has 116 valence electrons. The van der Waals surface area contributed by atoms with Gasteiger partial charge in [0, 0.05) is 36.2 Å². The van der Waals surface area contributed by atoms with E-state index in [1.165, 1.54) is 61.2 Å². The minimum absolute atomic E-state index is 0.393. The molecule has 0 saturated carbocycles. The van der Waals surface area contributed by atoms with Crippen molar-refractivity contribution in [3.05, 3.63) is 28.2 Å². The quantitative estimate of drug-likeness (QED) is 0.900. The predicted octanol–water partition coefficient (Wildman–Crippen LogP) is 3.40. The molecule has 2 aliphatic rings. The van der Waals surface area contributed by atoms with Gasteiger partial charge < -0.3 is 10.2 Å². The second-order valence-corrected chi connectivity index (χ2v) is 7.21. The summed E-state index contributed by atoms with van der Waals surface area (Å²) < 4.78 is 1.23.